The Morgan fingerprint density at radius 3 is 2.88 bits per heavy atom. The fourth-order valence-corrected chi connectivity index (χ4v) is 3.04. The second kappa shape index (κ2) is 7.23. The molecule has 0 bridgehead atoms. The maximum Gasteiger partial charge on any atom is 0.230 e. The number of hydrogen-bond donors (Lipinski definition) is 1. The molecule has 0 unspecified atom stereocenters. The number of hydrogen-bond acceptors (Lipinski definition) is 6. The molecule has 1 aliphatic heterocycles. The average molecular weight is 331 g/mol. The maximum absolute atomic E-state index is 5.92. The third-order valence-corrected chi connectivity index (χ3v) is 4.36. The van der Waals surface area contributed by atoms with Gasteiger partial charge in [0.25, 0.3) is 0 Å². The zero-order chi connectivity index (χ0) is 17.1. The van der Waals surface area contributed by atoms with E-state index in [0.29, 0.717) is 11.9 Å². The first kappa shape index (κ1) is 16.8. The normalized spacial score (nSPS) is 18.6. The van der Waals surface area contributed by atoms with Crippen LogP contribution >= 0.6 is 0 Å². The summed E-state index contributed by atoms with van der Waals surface area (Å²) in [4.78, 5) is 7.12. The van der Waals surface area contributed by atoms with Crippen molar-refractivity contribution in [2.45, 2.75) is 26.4 Å². The predicted octanol–water partition coefficient (Wildman–Crippen LogP) is 2.46. The summed E-state index contributed by atoms with van der Waals surface area (Å²) >= 11 is 0. The lowest BCUT2D eigenvalue weighted by Gasteiger charge is -2.31. The van der Waals surface area contributed by atoms with Gasteiger partial charge in [-0.15, -0.1) is 0 Å². The van der Waals surface area contributed by atoms with Gasteiger partial charge in [0.1, 0.15) is 17.3 Å². The van der Waals surface area contributed by atoms with E-state index in [-0.39, 0.29) is 0 Å². The summed E-state index contributed by atoms with van der Waals surface area (Å²) in [5, 5.41) is 3.46. The fourth-order valence-electron chi connectivity index (χ4n) is 3.04. The van der Waals surface area contributed by atoms with Crippen LogP contribution in [0.2, 0.25) is 0 Å². The zero-order valence-corrected chi connectivity index (χ0v) is 14.8. The van der Waals surface area contributed by atoms with Gasteiger partial charge >= 0.3 is 0 Å². The molecule has 6 nitrogen and oxygen atoms in total. The van der Waals surface area contributed by atoms with Crippen LogP contribution < -0.4 is 14.8 Å². The van der Waals surface area contributed by atoms with Crippen LogP contribution in [0.1, 0.15) is 18.4 Å². The minimum atomic E-state index is 0.504. The monoisotopic (exact) mass is 331 g/mol. The van der Waals surface area contributed by atoms with Crippen molar-refractivity contribution in [3.8, 4) is 23.0 Å². The first-order valence-corrected chi connectivity index (χ1v) is 8.25. The van der Waals surface area contributed by atoms with Crippen molar-refractivity contribution in [2.75, 3.05) is 33.9 Å². The number of nitrogens with zero attached hydrogens (tertiary/aromatic N) is 2. The molecule has 0 radical (unpaired) electrons. The van der Waals surface area contributed by atoms with E-state index in [9.17, 15) is 0 Å². The fraction of sp³-hybridized carbons (Fsp3) is 0.500. The molecule has 2 aromatic rings. The van der Waals surface area contributed by atoms with Crippen LogP contribution in [0.3, 0.4) is 0 Å². The molecule has 0 aliphatic carbocycles. The quantitative estimate of drug-likeness (QED) is 0.908. The van der Waals surface area contributed by atoms with Gasteiger partial charge in [-0.3, -0.25) is 4.90 Å². The van der Waals surface area contributed by atoms with Gasteiger partial charge in [-0.1, -0.05) is 0 Å². The van der Waals surface area contributed by atoms with E-state index >= 15 is 0 Å². The van der Waals surface area contributed by atoms with E-state index < -0.39 is 0 Å². The van der Waals surface area contributed by atoms with Crippen LogP contribution in [0.25, 0.3) is 11.5 Å². The highest BCUT2D eigenvalue weighted by molar-refractivity contribution is 5.65. The van der Waals surface area contributed by atoms with Crippen LogP contribution in [0.5, 0.6) is 11.5 Å². The Balaban J connectivity index is 1.86. The molecule has 130 valence electrons. The second-order valence-electron chi connectivity index (χ2n) is 6.18. The highest BCUT2D eigenvalue weighted by Gasteiger charge is 2.21. The largest absolute Gasteiger partial charge is 0.497 e. The van der Waals surface area contributed by atoms with Crippen molar-refractivity contribution < 1.29 is 13.9 Å². The Morgan fingerprint density at radius 2 is 2.17 bits per heavy atom. The van der Waals surface area contributed by atoms with Gasteiger partial charge in [-0.05, 0) is 32.0 Å². The Hall–Kier alpha value is -2.05. The van der Waals surface area contributed by atoms with Crippen molar-refractivity contribution >= 4 is 0 Å². The average Bonchev–Trinajstić information content (AvgIpc) is 2.95. The number of ether oxygens (including phenoxy) is 2. The molecular formula is C18H25N3O3. The van der Waals surface area contributed by atoms with Crippen molar-refractivity contribution in [1.29, 1.82) is 0 Å². The summed E-state index contributed by atoms with van der Waals surface area (Å²) in [5.41, 5.74) is 1.78. The molecule has 1 fully saturated rings. The molecule has 2 heterocycles. The number of piperazine rings is 1. The molecule has 1 aliphatic rings. The number of benzene rings is 1. The molecule has 1 saturated heterocycles. The lowest BCUT2D eigenvalue weighted by Crippen LogP contribution is -2.48. The van der Waals surface area contributed by atoms with Gasteiger partial charge in [-0.2, -0.15) is 0 Å². The van der Waals surface area contributed by atoms with Gasteiger partial charge in [0, 0.05) is 32.2 Å². The van der Waals surface area contributed by atoms with E-state index in [2.05, 4.69) is 17.1 Å². The topological polar surface area (TPSA) is 59.8 Å². The van der Waals surface area contributed by atoms with E-state index in [1.807, 2.05) is 25.1 Å². The summed E-state index contributed by atoms with van der Waals surface area (Å²) in [7, 11) is 3.29. The van der Waals surface area contributed by atoms with Crippen LogP contribution in [-0.2, 0) is 6.54 Å². The molecule has 24 heavy (non-hydrogen) atoms. The molecule has 6 heteroatoms. The molecule has 0 spiro atoms. The Labute approximate surface area is 142 Å². The van der Waals surface area contributed by atoms with Gasteiger partial charge in [0.15, 0.2) is 0 Å². The minimum Gasteiger partial charge on any atom is -0.497 e. The molecule has 0 amide bonds. The maximum atomic E-state index is 5.92. The summed E-state index contributed by atoms with van der Waals surface area (Å²) in [5.74, 6) is 2.89. The highest BCUT2D eigenvalue weighted by Crippen LogP contribution is 2.34. The molecule has 1 aromatic heterocycles. The van der Waals surface area contributed by atoms with Crippen LogP contribution in [0.4, 0.5) is 0 Å². The van der Waals surface area contributed by atoms with Gasteiger partial charge in [0.2, 0.25) is 5.89 Å². The van der Waals surface area contributed by atoms with Crippen LogP contribution in [0, 0.1) is 6.92 Å². The van der Waals surface area contributed by atoms with Crippen molar-refractivity contribution in [3.05, 3.63) is 29.7 Å². The molecule has 1 aromatic carbocycles. The summed E-state index contributed by atoms with van der Waals surface area (Å²) in [6.07, 6.45) is 0. The Kier molecular flexibility index (Phi) is 5.06. The van der Waals surface area contributed by atoms with E-state index in [1.165, 1.54) is 0 Å². The molecular weight excluding hydrogens is 306 g/mol. The summed E-state index contributed by atoms with van der Waals surface area (Å²) in [6.45, 7) is 8.01. The highest BCUT2D eigenvalue weighted by atomic mass is 16.5. The van der Waals surface area contributed by atoms with Gasteiger partial charge < -0.3 is 19.2 Å². The van der Waals surface area contributed by atoms with Gasteiger partial charge in [0.05, 0.1) is 25.5 Å². The predicted molar refractivity (Wildman–Crippen MR) is 92.5 cm³/mol. The van der Waals surface area contributed by atoms with Crippen LogP contribution in [0.15, 0.2) is 22.6 Å². The third kappa shape index (κ3) is 3.55. The lowest BCUT2D eigenvalue weighted by molar-refractivity contribution is 0.197. The third-order valence-electron chi connectivity index (χ3n) is 4.36. The molecule has 1 atom stereocenters. The Morgan fingerprint density at radius 1 is 1.33 bits per heavy atom. The Bertz CT molecular complexity index is 699. The molecule has 1 N–H and O–H groups in total. The van der Waals surface area contributed by atoms with E-state index in [1.54, 1.807) is 14.2 Å². The number of rotatable bonds is 5. The number of oxazole rings is 1. The number of aryl methyl sites for hydroxylation is 1. The summed E-state index contributed by atoms with van der Waals surface area (Å²) < 4.78 is 16.7. The number of aromatic nitrogens is 1. The lowest BCUT2D eigenvalue weighted by atomic mass is 10.2. The second-order valence-corrected chi connectivity index (χ2v) is 6.18. The summed E-state index contributed by atoms with van der Waals surface area (Å²) in [6, 6.07) is 6.12. The smallest absolute Gasteiger partial charge is 0.230 e. The van der Waals surface area contributed by atoms with E-state index in [4.69, 9.17) is 18.9 Å². The van der Waals surface area contributed by atoms with Crippen molar-refractivity contribution in [1.82, 2.24) is 15.2 Å². The SMILES string of the molecule is COc1ccc(OC)c(-c2nc(CN3CCN[C@H](C)C3)c(C)o2)c1. The van der Waals surface area contributed by atoms with Crippen molar-refractivity contribution in [2.24, 2.45) is 0 Å². The molecule has 3 rings (SSSR count). The zero-order valence-electron chi connectivity index (χ0n) is 14.8. The first-order valence-electron chi connectivity index (χ1n) is 8.25. The molecule has 0 saturated carbocycles. The number of methoxy groups -OCH3 is 2. The van der Waals surface area contributed by atoms with Gasteiger partial charge in [-0.25, -0.2) is 4.98 Å². The standard InChI is InChI=1S/C18H25N3O3/c1-12-10-21(8-7-19-12)11-16-13(2)24-18(20-16)15-9-14(22-3)5-6-17(15)23-4/h5-6,9,12,19H,7-8,10-11H2,1-4H3/t12-/m1/s1. The van der Waals surface area contributed by atoms with Crippen molar-refractivity contribution in [3.63, 3.8) is 0 Å². The van der Waals surface area contributed by atoms with Crippen LogP contribution in [-0.4, -0.2) is 49.8 Å². The first-order chi connectivity index (χ1) is 11.6. The minimum absolute atomic E-state index is 0.504. The van der Waals surface area contributed by atoms with E-state index in [0.717, 1.165) is 54.7 Å². The number of nitrogens with one attached hydrogen (secondary N) is 1.